The molecule has 1 aromatic carbocycles. The standard InChI is InChI=1S/C15H9BrN4O2/c16-11-4-8(3-7-1-2-22-13(7)11)12-9(5-17)14(19)20-15(21)10(12)6-18/h3-4H,1-2H2,(H3,19,20,21). The van der Waals surface area contributed by atoms with Gasteiger partial charge in [0.05, 0.1) is 11.1 Å². The van der Waals surface area contributed by atoms with Crippen LogP contribution in [0.2, 0.25) is 0 Å². The molecule has 0 aliphatic carbocycles. The number of nitriles is 2. The molecule has 0 fully saturated rings. The second kappa shape index (κ2) is 5.21. The lowest BCUT2D eigenvalue weighted by Gasteiger charge is -2.11. The molecular formula is C15H9BrN4O2. The van der Waals surface area contributed by atoms with Crippen LogP contribution in [-0.4, -0.2) is 11.6 Å². The molecule has 1 aliphatic rings. The van der Waals surface area contributed by atoms with E-state index in [1.165, 1.54) is 0 Å². The highest BCUT2D eigenvalue weighted by atomic mass is 79.9. The van der Waals surface area contributed by atoms with Gasteiger partial charge in [0.1, 0.15) is 34.8 Å². The fourth-order valence-corrected chi connectivity index (χ4v) is 3.15. The van der Waals surface area contributed by atoms with Gasteiger partial charge in [0.15, 0.2) is 0 Å². The van der Waals surface area contributed by atoms with Crippen molar-refractivity contribution in [1.82, 2.24) is 4.98 Å². The largest absolute Gasteiger partial charge is 0.492 e. The van der Waals surface area contributed by atoms with Crippen LogP contribution in [0.3, 0.4) is 0 Å². The molecule has 108 valence electrons. The van der Waals surface area contributed by atoms with Crippen molar-refractivity contribution in [2.45, 2.75) is 6.42 Å². The van der Waals surface area contributed by atoms with Gasteiger partial charge < -0.3 is 15.5 Å². The number of halogens is 1. The number of nitrogens with two attached hydrogens (primary N) is 1. The normalized spacial score (nSPS) is 12.1. The van der Waals surface area contributed by atoms with Crippen molar-refractivity contribution < 1.29 is 4.74 Å². The van der Waals surface area contributed by atoms with Gasteiger partial charge >= 0.3 is 0 Å². The summed E-state index contributed by atoms with van der Waals surface area (Å²) in [6.07, 6.45) is 0.726. The van der Waals surface area contributed by atoms with E-state index in [9.17, 15) is 15.3 Å². The average molecular weight is 357 g/mol. The molecule has 7 heteroatoms. The summed E-state index contributed by atoms with van der Waals surface area (Å²) < 4.78 is 6.22. The third-order valence-electron chi connectivity index (χ3n) is 3.50. The van der Waals surface area contributed by atoms with Crippen molar-refractivity contribution >= 4 is 21.7 Å². The molecule has 2 heterocycles. The Labute approximate surface area is 133 Å². The summed E-state index contributed by atoms with van der Waals surface area (Å²) in [5, 5.41) is 18.6. The third kappa shape index (κ3) is 2.03. The Bertz CT molecular complexity index is 935. The smallest absolute Gasteiger partial charge is 0.268 e. The SMILES string of the molecule is N#Cc1c(N)[nH]c(=O)c(C#N)c1-c1cc(Br)c2c(c1)CCO2. The maximum atomic E-state index is 11.9. The summed E-state index contributed by atoms with van der Waals surface area (Å²) in [4.78, 5) is 14.3. The molecule has 3 rings (SSSR count). The number of benzene rings is 1. The van der Waals surface area contributed by atoms with Crippen LogP contribution in [-0.2, 0) is 6.42 Å². The third-order valence-corrected chi connectivity index (χ3v) is 4.08. The summed E-state index contributed by atoms with van der Waals surface area (Å²) in [6.45, 7) is 0.575. The highest BCUT2D eigenvalue weighted by Crippen LogP contribution is 2.39. The Morgan fingerprint density at radius 3 is 2.68 bits per heavy atom. The maximum Gasteiger partial charge on any atom is 0.268 e. The first kappa shape index (κ1) is 14.2. The van der Waals surface area contributed by atoms with Crippen molar-refractivity contribution in [3.8, 4) is 29.0 Å². The van der Waals surface area contributed by atoms with Crippen LogP contribution in [0.4, 0.5) is 5.82 Å². The monoisotopic (exact) mass is 356 g/mol. The summed E-state index contributed by atoms with van der Waals surface area (Å²) >= 11 is 3.42. The topological polar surface area (TPSA) is 116 Å². The molecule has 3 N–H and O–H groups in total. The van der Waals surface area contributed by atoms with Crippen LogP contribution >= 0.6 is 15.9 Å². The number of hydrogen-bond donors (Lipinski definition) is 2. The van der Waals surface area contributed by atoms with E-state index in [0.29, 0.717) is 16.6 Å². The first-order valence-corrected chi connectivity index (χ1v) is 7.17. The number of pyridine rings is 1. The van der Waals surface area contributed by atoms with Crippen molar-refractivity contribution in [3.05, 3.63) is 43.6 Å². The Balaban J connectivity index is 2.39. The first-order valence-electron chi connectivity index (χ1n) is 6.38. The molecule has 6 nitrogen and oxygen atoms in total. The lowest BCUT2D eigenvalue weighted by Crippen LogP contribution is -2.16. The van der Waals surface area contributed by atoms with Crippen molar-refractivity contribution in [1.29, 1.82) is 10.5 Å². The molecule has 0 spiro atoms. The van der Waals surface area contributed by atoms with Gasteiger partial charge in [0.2, 0.25) is 0 Å². The lowest BCUT2D eigenvalue weighted by atomic mass is 9.95. The molecule has 0 atom stereocenters. The van der Waals surface area contributed by atoms with Gasteiger partial charge in [0.25, 0.3) is 5.56 Å². The maximum absolute atomic E-state index is 11.9. The van der Waals surface area contributed by atoms with Crippen LogP contribution in [0.1, 0.15) is 16.7 Å². The number of anilines is 1. The fraction of sp³-hybridized carbons (Fsp3) is 0.133. The molecule has 0 saturated carbocycles. The number of ether oxygens (including phenoxy) is 1. The Kier molecular flexibility index (Phi) is 3.36. The predicted molar refractivity (Wildman–Crippen MR) is 83.2 cm³/mol. The van der Waals surface area contributed by atoms with Crippen LogP contribution in [0.15, 0.2) is 21.4 Å². The summed E-state index contributed by atoms with van der Waals surface area (Å²) in [5.74, 6) is 0.702. The van der Waals surface area contributed by atoms with Crippen LogP contribution in [0, 0.1) is 22.7 Å². The number of aromatic nitrogens is 1. The zero-order valence-electron chi connectivity index (χ0n) is 11.2. The van der Waals surface area contributed by atoms with Gasteiger partial charge in [-0.2, -0.15) is 10.5 Å². The number of hydrogen-bond acceptors (Lipinski definition) is 5. The first-order chi connectivity index (χ1) is 10.6. The van der Waals surface area contributed by atoms with Gasteiger partial charge in [-0.05, 0) is 39.2 Å². The Morgan fingerprint density at radius 2 is 2.00 bits per heavy atom. The van der Waals surface area contributed by atoms with E-state index in [-0.39, 0.29) is 22.5 Å². The molecule has 0 bridgehead atoms. The minimum atomic E-state index is -0.609. The number of nitrogens with zero attached hydrogens (tertiary/aromatic N) is 2. The van der Waals surface area contributed by atoms with E-state index in [4.69, 9.17) is 10.5 Å². The van der Waals surface area contributed by atoms with E-state index >= 15 is 0 Å². The molecule has 0 unspecified atom stereocenters. The summed E-state index contributed by atoms with van der Waals surface area (Å²) in [6, 6.07) is 7.36. The van der Waals surface area contributed by atoms with Crippen molar-refractivity contribution in [3.63, 3.8) is 0 Å². The predicted octanol–water partition coefficient (Wildman–Crippen LogP) is 2.06. The quantitative estimate of drug-likeness (QED) is 0.811. The second-order valence-electron chi connectivity index (χ2n) is 4.76. The molecule has 2 aromatic rings. The van der Waals surface area contributed by atoms with Gasteiger partial charge in [0, 0.05) is 12.0 Å². The minimum absolute atomic E-state index is 0.0469. The number of aromatic amines is 1. The second-order valence-corrected chi connectivity index (χ2v) is 5.62. The van der Waals surface area contributed by atoms with Crippen molar-refractivity contribution in [2.75, 3.05) is 12.3 Å². The van der Waals surface area contributed by atoms with Gasteiger partial charge in [-0.1, -0.05) is 0 Å². The number of H-pyrrole nitrogens is 1. The van der Waals surface area contributed by atoms with E-state index in [2.05, 4.69) is 20.9 Å². The zero-order chi connectivity index (χ0) is 15.9. The number of fused-ring (bicyclic) bond motifs is 1. The highest BCUT2D eigenvalue weighted by Gasteiger charge is 2.22. The molecule has 0 amide bonds. The molecule has 0 radical (unpaired) electrons. The van der Waals surface area contributed by atoms with Crippen LogP contribution < -0.4 is 16.0 Å². The molecule has 22 heavy (non-hydrogen) atoms. The fourth-order valence-electron chi connectivity index (χ4n) is 2.54. The van der Waals surface area contributed by atoms with Gasteiger partial charge in [-0.3, -0.25) is 4.79 Å². The number of nitrogen functional groups attached to an aromatic ring is 1. The molecule has 0 saturated heterocycles. The lowest BCUT2D eigenvalue weighted by molar-refractivity contribution is 0.355. The molecule has 1 aromatic heterocycles. The average Bonchev–Trinajstić information content (AvgIpc) is 2.95. The zero-order valence-corrected chi connectivity index (χ0v) is 12.8. The van der Waals surface area contributed by atoms with E-state index < -0.39 is 5.56 Å². The minimum Gasteiger partial charge on any atom is -0.492 e. The number of nitrogens with one attached hydrogen (secondary N) is 1. The van der Waals surface area contributed by atoms with Gasteiger partial charge in [-0.15, -0.1) is 0 Å². The summed E-state index contributed by atoms with van der Waals surface area (Å²) in [5.41, 5.74) is 6.86. The van der Waals surface area contributed by atoms with Crippen LogP contribution in [0.25, 0.3) is 11.1 Å². The highest BCUT2D eigenvalue weighted by molar-refractivity contribution is 9.10. The van der Waals surface area contributed by atoms with Gasteiger partial charge in [-0.25, -0.2) is 0 Å². The van der Waals surface area contributed by atoms with E-state index in [1.54, 1.807) is 6.07 Å². The van der Waals surface area contributed by atoms with E-state index in [1.807, 2.05) is 18.2 Å². The van der Waals surface area contributed by atoms with Crippen molar-refractivity contribution in [2.24, 2.45) is 0 Å². The van der Waals surface area contributed by atoms with E-state index in [0.717, 1.165) is 17.7 Å². The number of rotatable bonds is 1. The Hall–Kier alpha value is -2.77. The summed E-state index contributed by atoms with van der Waals surface area (Å²) in [7, 11) is 0. The molecule has 1 aliphatic heterocycles. The molecular weight excluding hydrogens is 348 g/mol. The Morgan fingerprint density at radius 1 is 1.27 bits per heavy atom. The van der Waals surface area contributed by atoms with Crippen LogP contribution in [0.5, 0.6) is 5.75 Å².